The summed E-state index contributed by atoms with van der Waals surface area (Å²) in [4.78, 5) is 9.69. The first kappa shape index (κ1) is 18.3. The monoisotopic (exact) mass is 340 g/mol. The maximum absolute atomic E-state index is 4.82. The molecule has 1 aliphatic heterocycles. The third-order valence-corrected chi connectivity index (χ3v) is 5.35. The number of hydrogen-bond donors (Lipinski definition) is 1. The lowest BCUT2D eigenvalue weighted by Crippen LogP contribution is -2.40. The average molecular weight is 341 g/mol. The molecule has 4 nitrogen and oxygen atoms in total. The molecule has 1 N–H and O–H groups in total. The Labute approximate surface area is 152 Å². The van der Waals surface area contributed by atoms with E-state index >= 15 is 0 Å². The summed E-state index contributed by atoms with van der Waals surface area (Å²) in [5, 5.41) is 4.92. The summed E-state index contributed by atoms with van der Waals surface area (Å²) in [7, 11) is 4.30. The molecule has 136 valence electrons. The lowest BCUT2D eigenvalue weighted by molar-refractivity contribution is 0.167. The third-order valence-electron chi connectivity index (χ3n) is 5.35. The van der Waals surface area contributed by atoms with Crippen molar-refractivity contribution in [2.45, 2.75) is 25.8 Å². The van der Waals surface area contributed by atoms with E-state index in [0.29, 0.717) is 6.04 Å². The van der Waals surface area contributed by atoms with Crippen LogP contribution in [0.4, 0.5) is 0 Å². The molecule has 2 heterocycles. The van der Waals surface area contributed by atoms with E-state index in [0.717, 1.165) is 30.2 Å². The van der Waals surface area contributed by atoms with E-state index in [-0.39, 0.29) is 0 Å². The molecular weight excluding hydrogens is 308 g/mol. The number of fused-ring (bicyclic) bond motifs is 1. The van der Waals surface area contributed by atoms with Gasteiger partial charge in [-0.2, -0.15) is 0 Å². The minimum Gasteiger partial charge on any atom is -0.309 e. The van der Waals surface area contributed by atoms with Gasteiger partial charge >= 0.3 is 0 Å². The molecule has 2 aromatic rings. The normalized spacial score (nSPS) is 18.1. The molecule has 1 saturated heterocycles. The Morgan fingerprint density at radius 1 is 1.16 bits per heavy atom. The third kappa shape index (κ3) is 5.24. The molecular formula is C21H32N4. The fourth-order valence-electron chi connectivity index (χ4n) is 3.53. The van der Waals surface area contributed by atoms with Crippen LogP contribution >= 0.6 is 0 Å². The number of rotatable bonds is 7. The molecule has 25 heavy (non-hydrogen) atoms. The van der Waals surface area contributed by atoms with Gasteiger partial charge in [0.2, 0.25) is 0 Å². The second-order valence-corrected chi connectivity index (χ2v) is 7.65. The molecule has 4 heteroatoms. The van der Waals surface area contributed by atoms with Gasteiger partial charge in [0.15, 0.2) is 0 Å². The number of nitrogens with one attached hydrogen (secondary N) is 1. The number of likely N-dealkylation sites (tertiary alicyclic amines) is 1. The molecule has 0 aliphatic carbocycles. The fraction of sp³-hybridized carbons (Fsp3) is 0.571. The van der Waals surface area contributed by atoms with Gasteiger partial charge in [0.25, 0.3) is 0 Å². The van der Waals surface area contributed by atoms with Crippen molar-refractivity contribution >= 4 is 10.9 Å². The lowest BCUT2D eigenvalue weighted by atomic mass is 9.96. The van der Waals surface area contributed by atoms with Crippen LogP contribution in [0.25, 0.3) is 10.9 Å². The van der Waals surface area contributed by atoms with Crippen LogP contribution in [0.2, 0.25) is 0 Å². The summed E-state index contributed by atoms with van der Waals surface area (Å²) < 4.78 is 0. The fourth-order valence-corrected chi connectivity index (χ4v) is 3.53. The Morgan fingerprint density at radius 3 is 2.68 bits per heavy atom. The number of benzene rings is 1. The van der Waals surface area contributed by atoms with Crippen molar-refractivity contribution in [3.8, 4) is 0 Å². The van der Waals surface area contributed by atoms with Crippen LogP contribution in [-0.2, 0) is 0 Å². The van der Waals surface area contributed by atoms with Crippen molar-refractivity contribution in [2.75, 3.05) is 46.8 Å². The van der Waals surface area contributed by atoms with Gasteiger partial charge in [-0.25, -0.2) is 0 Å². The van der Waals surface area contributed by atoms with E-state index in [1.165, 1.54) is 37.9 Å². The van der Waals surface area contributed by atoms with Gasteiger partial charge in [-0.05, 0) is 71.5 Å². The van der Waals surface area contributed by atoms with Crippen LogP contribution in [0, 0.1) is 5.92 Å². The molecule has 1 aliphatic rings. The summed E-state index contributed by atoms with van der Waals surface area (Å²) >= 11 is 0. The topological polar surface area (TPSA) is 31.4 Å². The Kier molecular flexibility index (Phi) is 6.40. The van der Waals surface area contributed by atoms with Crippen LogP contribution in [0.15, 0.2) is 36.4 Å². The van der Waals surface area contributed by atoms with Crippen LogP contribution in [-0.4, -0.2) is 61.6 Å². The van der Waals surface area contributed by atoms with Crippen molar-refractivity contribution in [3.05, 3.63) is 42.1 Å². The first-order valence-corrected chi connectivity index (χ1v) is 9.58. The number of likely N-dealkylation sites (N-methyl/N-ethyl adjacent to an activating group) is 1. The zero-order chi connectivity index (χ0) is 17.6. The zero-order valence-corrected chi connectivity index (χ0v) is 15.9. The van der Waals surface area contributed by atoms with E-state index < -0.39 is 0 Å². The number of piperidine rings is 1. The second-order valence-electron chi connectivity index (χ2n) is 7.65. The molecule has 1 aromatic heterocycles. The summed E-state index contributed by atoms with van der Waals surface area (Å²) in [5.74, 6) is 0.790. The molecule has 0 bridgehead atoms. The van der Waals surface area contributed by atoms with Crippen molar-refractivity contribution in [3.63, 3.8) is 0 Å². The van der Waals surface area contributed by atoms with E-state index in [1.54, 1.807) is 0 Å². The van der Waals surface area contributed by atoms with E-state index in [1.807, 2.05) is 0 Å². The quantitative estimate of drug-likeness (QED) is 0.839. The maximum Gasteiger partial charge on any atom is 0.0706 e. The van der Waals surface area contributed by atoms with Crippen LogP contribution in [0.5, 0.6) is 0 Å². The van der Waals surface area contributed by atoms with Gasteiger partial charge in [0.05, 0.1) is 11.2 Å². The molecule has 1 aromatic carbocycles. The largest absolute Gasteiger partial charge is 0.309 e. The Balaban J connectivity index is 1.45. The molecule has 3 rings (SSSR count). The highest BCUT2D eigenvalue weighted by atomic mass is 15.2. The van der Waals surface area contributed by atoms with Crippen molar-refractivity contribution < 1.29 is 0 Å². The predicted molar refractivity (Wildman–Crippen MR) is 106 cm³/mol. The Bertz CT molecular complexity index is 662. The highest BCUT2D eigenvalue weighted by Crippen LogP contribution is 2.19. The van der Waals surface area contributed by atoms with Gasteiger partial charge < -0.3 is 15.1 Å². The van der Waals surface area contributed by atoms with E-state index in [2.05, 4.69) is 72.5 Å². The van der Waals surface area contributed by atoms with Gasteiger partial charge in [-0.3, -0.25) is 4.98 Å². The first-order valence-electron chi connectivity index (χ1n) is 9.58. The standard InChI is InChI=1S/C21H32N4/c1-17(20-9-8-19-6-4-5-7-21(19)23-20)22-16-18-10-12-25(13-11-18)15-14-24(2)3/h4-9,17-18,22H,10-16H2,1-3H3/t17-/m0/s1. The first-order chi connectivity index (χ1) is 12.1. The Morgan fingerprint density at radius 2 is 1.92 bits per heavy atom. The smallest absolute Gasteiger partial charge is 0.0706 e. The summed E-state index contributed by atoms with van der Waals surface area (Å²) in [5.41, 5.74) is 2.23. The molecule has 1 fully saturated rings. The number of hydrogen-bond acceptors (Lipinski definition) is 4. The highest BCUT2D eigenvalue weighted by molar-refractivity contribution is 5.78. The van der Waals surface area contributed by atoms with Gasteiger partial charge in [0.1, 0.15) is 0 Å². The van der Waals surface area contributed by atoms with Crippen molar-refractivity contribution in [1.82, 2.24) is 20.1 Å². The van der Waals surface area contributed by atoms with Crippen LogP contribution < -0.4 is 5.32 Å². The lowest BCUT2D eigenvalue weighted by Gasteiger charge is -2.33. The molecule has 0 unspecified atom stereocenters. The minimum absolute atomic E-state index is 0.302. The second kappa shape index (κ2) is 8.75. The van der Waals surface area contributed by atoms with Gasteiger partial charge in [-0.15, -0.1) is 0 Å². The zero-order valence-electron chi connectivity index (χ0n) is 15.9. The molecule has 0 radical (unpaired) electrons. The summed E-state index contributed by atoms with van der Waals surface area (Å²) in [6, 6.07) is 13.0. The Hall–Kier alpha value is -1.49. The van der Waals surface area contributed by atoms with E-state index in [4.69, 9.17) is 4.98 Å². The number of nitrogens with zero attached hydrogens (tertiary/aromatic N) is 3. The van der Waals surface area contributed by atoms with Gasteiger partial charge in [0, 0.05) is 24.5 Å². The summed E-state index contributed by atoms with van der Waals surface area (Å²) in [6.07, 6.45) is 2.61. The molecule has 0 amide bonds. The average Bonchev–Trinajstić information content (AvgIpc) is 2.64. The molecule has 0 saturated carbocycles. The van der Waals surface area contributed by atoms with Crippen LogP contribution in [0.3, 0.4) is 0 Å². The number of aromatic nitrogens is 1. The number of pyridine rings is 1. The summed E-state index contributed by atoms with van der Waals surface area (Å²) in [6.45, 7) is 8.16. The number of para-hydroxylation sites is 1. The SMILES string of the molecule is C[C@H](NCC1CCN(CCN(C)C)CC1)c1ccc2ccccc2n1. The van der Waals surface area contributed by atoms with Crippen molar-refractivity contribution in [1.29, 1.82) is 0 Å². The van der Waals surface area contributed by atoms with E-state index in [9.17, 15) is 0 Å². The molecule has 1 atom stereocenters. The maximum atomic E-state index is 4.82. The highest BCUT2D eigenvalue weighted by Gasteiger charge is 2.19. The van der Waals surface area contributed by atoms with Crippen molar-refractivity contribution in [2.24, 2.45) is 5.92 Å². The molecule has 0 spiro atoms. The minimum atomic E-state index is 0.302. The van der Waals surface area contributed by atoms with Crippen LogP contribution in [0.1, 0.15) is 31.5 Å². The van der Waals surface area contributed by atoms with Gasteiger partial charge in [-0.1, -0.05) is 24.3 Å². The predicted octanol–water partition coefficient (Wildman–Crippen LogP) is 3.16.